The number of hydrogen-bond acceptors (Lipinski definition) is 1. The minimum absolute atomic E-state index is 1.01. The van der Waals surface area contributed by atoms with E-state index in [1.165, 1.54) is 33.8 Å². The van der Waals surface area contributed by atoms with Gasteiger partial charge in [0.15, 0.2) is 0 Å². The predicted molar refractivity (Wildman–Crippen MR) is 110 cm³/mol. The Kier molecular flexibility index (Phi) is 5.35. The van der Waals surface area contributed by atoms with E-state index in [1.807, 2.05) is 6.92 Å². The maximum absolute atomic E-state index is 2.37. The number of anilines is 3. The number of nitrogens with zero attached hydrogens (tertiary/aromatic N) is 1. The van der Waals surface area contributed by atoms with Gasteiger partial charge in [0.1, 0.15) is 0 Å². The molecule has 1 nitrogen and oxygen atoms in total. The predicted octanol–water partition coefficient (Wildman–Crippen LogP) is 7.06. The number of allylic oxidation sites excluding steroid dienone is 1. The van der Waals surface area contributed by atoms with Gasteiger partial charge in [-0.2, -0.15) is 0 Å². The maximum Gasteiger partial charge on any atom is 0.0522 e. The average Bonchev–Trinajstić information content (AvgIpc) is 2.65. The molecule has 0 saturated carbocycles. The fourth-order valence-corrected chi connectivity index (χ4v) is 3.24. The van der Waals surface area contributed by atoms with E-state index in [0.29, 0.717) is 0 Å². The summed E-state index contributed by atoms with van der Waals surface area (Å²) < 4.78 is 0. The largest absolute Gasteiger partial charge is 0.310 e. The molecule has 3 aromatic rings. The second-order valence-electron chi connectivity index (χ2n) is 6.20. The molecule has 0 aliphatic carbocycles. The molecule has 25 heavy (non-hydrogen) atoms. The average molecular weight is 327 g/mol. The summed E-state index contributed by atoms with van der Waals surface area (Å²) in [4.78, 5) is 2.37. The molecule has 0 amide bonds. The second-order valence-corrected chi connectivity index (χ2v) is 6.20. The van der Waals surface area contributed by atoms with Crippen LogP contribution in [0.1, 0.15) is 30.5 Å². The van der Waals surface area contributed by atoms with Crippen molar-refractivity contribution >= 4 is 23.1 Å². The molecule has 0 aliphatic rings. The first-order valence-corrected chi connectivity index (χ1v) is 8.91. The first-order valence-electron chi connectivity index (χ1n) is 8.91. The quantitative estimate of drug-likeness (QED) is 0.485. The summed E-state index contributed by atoms with van der Waals surface area (Å²) in [6, 6.07) is 25.9. The Hall–Kier alpha value is -2.80. The monoisotopic (exact) mass is 327 g/mol. The Morgan fingerprint density at radius 3 is 2.12 bits per heavy atom. The summed E-state index contributed by atoms with van der Waals surface area (Å²) in [5, 5.41) is 0. The standard InChI is InChI=1S/C24H25N/c1-4-10-20-15-17-23(18-16-20)25(22-13-7-6-8-14-22)24-19(3)11-9-12-21(24)5-2/h4,6-18H,5H2,1-3H3. The zero-order valence-electron chi connectivity index (χ0n) is 15.2. The molecule has 0 unspecified atom stereocenters. The fourth-order valence-electron chi connectivity index (χ4n) is 3.24. The van der Waals surface area contributed by atoms with Crippen LogP contribution < -0.4 is 4.90 Å². The molecular formula is C24H25N. The number of para-hydroxylation sites is 2. The van der Waals surface area contributed by atoms with Crippen LogP contribution in [0.5, 0.6) is 0 Å². The van der Waals surface area contributed by atoms with E-state index in [1.54, 1.807) is 0 Å². The highest BCUT2D eigenvalue weighted by Crippen LogP contribution is 2.38. The third-order valence-corrected chi connectivity index (χ3v) is 4.45. The summed E-state index contributed by atoms with van der Waals surface area (Å²) in [7, 11) is 0. The van der Waals surface area contributed by atoms with Crippen LogP contribution in [-0.4, -0.2) is 0 Å². The lowest BCUT2D eigenvalue weighted by Gasteiger charge is -2.29. The van der Waals surface area contributed by atoms with Crippen molar-refractivity contribution in [2.45, 2.75) is 27.2 Å². The van der Waals surface area contributed by atoms with E-state index in [4.69, 9.17) is 0 Å². The third-order valence-electron chi connectivity index (χ3n) is 4.45. The van der Waals surface area contributed by atoms with Crippen molar-refractivity contribution < 1.29 is 0 Å². The zero-order chi connectivity index (χ0) is 17.6. The number of hydrogen-bond donors (Lipinski definition) is 0. The molecule has 0 atom stereocenters. The first kappa shape index (κ1) is 17.0. The Bertz CT molecular complexity index is 845. The molecule has 0 saturated heterocycles. The summed E-state index contributed by atoms with van der Waals surface area (Å²) in [5.41, 5.74) is 7.53. The zero-order valence-corrected chi connectivity index (χ0v) is 15.2. The van der Waals surface area contributed by atoms with Gasteiger partial charge in [0, 0.05) is 11.4 Å². The molecule has 3 aromatic carbocycles. The van der Waals surface area contributed by atoms with Crippen LogP contribution in [0.25, 0.3) is 6.08 Å². The molecule has 126 valence electrons. The normalized spacial score (nSPS) is 11.0. The highest BCUT2D eigenvalue weighted by atomic mass is 15.1. The van der Waals surface area contributed by atoms with E-state index < -0.39 is 0 Å². The van der Waals surface area contributed by atoms with Crippen LogP contribution in [0.3, 0.4) is 0 Å². The van der Waals surface area contributed by atoms with Gasteiger partial charge in [0.25, 0.3) is 0 Å². The van der Waals surface area contributed by atoms with Gasteiger partial charge in [-0.25, -0.2) is 0 Å². The van der Waals surface area contributed by atoms with Gasteiger partial charge in [0.2, 0.25) is 0 Å². The fraction of sp³-hybridized carbons (Fsp3) is 0.167. The van der Waals surface area contributed by atoms with Gasteiger partial charge in [-0.05, 0) is 61.2 Å². The summed E-state index contributed by atoms with van der Waals surface area (Å²) in [6.45, 7) is 6.46. The van der Waals surface area contributed by atoms with Crippen molar-refractivity contribution in [3.05, 3.63) is 95.6 Å². The molecule has 0 aromatic heterocycles. The van der Waals surface area contributed by atoms with Crippen LogP contribution in [0.15, 0.2) is 78.9 Å². The van der Waals surface area contributed by atoms with Gasteiger partial charge in [-0.3, -0.25) is 0 Å². The lowest BCUT2D eigenvalue weighted by atomic mass is 10.0. The topological polar surface area (TPSA) is 3.24 Å². The number of benzene rings is 3. The Labute approximate surface area is 151 Å². The summed E-state index contributed by atoms with van der Waals surface area (Å²) in [5.74, 6) is 0. The smallest absolute Gasteiger partial charge is 0.0522 e. The van der Waals surface area contributed by atoms with Crippen LogP contribution in [0.4, 0.5) is 17.1 Å². The van der Waals surface area contributed by atoms with Gasteiger partial charge >= 0.3 is 0 Å². The molecule has 0 aliphatic heterocycles. The minimum Gasteiger partial charge on any atom is -0.310 e. The van der Waals surface area contributed by atoms with E-state index in [2.05, 4.69) is 104 Å². The summed E-state index contributed by atoms with van der Waals surface area (Å²) in [6.07, 6.45) is 5.21. The van der Waals surface area contributed by atoms with Crippen molar-refractivity contribution in [1.82, 2.24) is 0 Å². The van der Waals surface area contributed by atoms with Crippen molar-refractivity contribution in [2.75, 3.05) is 4.90 Å². The highest BCUT2D eigenvalue weighted by molar-refractivity contribution is 5.80. The molecule has 0 bridgehead atoms. The van der Waals surface area contributed by atoms with Gasteiger partial charge in [-0.15, -0.1) is 0 Å². The number of rotatable bonds is 5. The van der Waals surface area contributed by atoms with Crippen LogP contribution in [-0.2, 0) is 6.42 Å². The molecule has 0 fully saturated rings. The Morgan fingerprint density at radius 1 is 0.800 bits per heavy atom. The van der Waals surface area contributed by atoms with Crippen LogP contribution in [0.2, 0.25) is 0 Å². The van der Waals surface area contributed by atoms with Gasteiger partial charge in [0.05, 0.1) is 5.69 Å². The molecule has 0 radical (unpaired) electrons. The minimum atomic E-state index is 1.01. The SMILES string of the molecule is CC=Cc1ccc(N(c2ccccc2)c2c(C)cccc2CC)cc1. The van der Waals surface area contributed by atoms with Crippen LogP contribution in [0, 0.1) is 6.92 Å². The number of aryl methyl sites for hydroxylation is 2. The maximum atomic E-state index is 2.37. The van der Waals surface area contributed by atoms with E-state index in [0.717, 1.165) is 6.42 Å². The molecule has 0 spiro atoms. The third kappa shape index (κ3) is 3.66. The molecule has 3 rings (SSSR count). The lowest BCUT2D eigenvalue weighted by molar-refractivity contribution is 1.10. The lowest BCUT2D eigenvalue weighted by Crippen LogP contribution is -2.13. The van der Waals surface area contributed by atoms with Crippen molar-refractivity contribution in [3.8, 4) is 0 Å². The first-order chi connectivity index (χ1) is 12.2. The van der Waals surface area contributed by atoms with Crippen molar-refractivity contribution in [2.24, 2.45) is 0 Å². The highest BCUT2D eigenvalue weighted by Gasteiger charge is 2.17. The molecular weight excluding hydrogens is 302 g/mol. The molecule has 0 N–H and O–H groups in total. The molecule has 0 heterocycles. The van der Waals surface area contributed by atoms with Crippen LogP contribution >= 0.6 is 0 Å². The van der Waals surface area contributed by atoms with Crippen molar-refractivity contribution in [1.29, 1.82) is 0 Å². The second kappa shape index (κ2) is 7.85. The van der Waals surface area contributed by atoms with Gasteiger partial charge in [-0.1, -0.05) is 67.6 Å². The Morgan fingerprint density at radius 2 is 1.48 bits per heavy atom. The van der Waals surface area contributed by atoms with Gasteiger partial charge < -0.3 is 4.90 Å². The van der Waals surface area contributed by atoms with E-state index >= 15 is 0 Å². The molecule has 1 heteroatoms. The van der Waals surface area contributed by atoms with Crippen molar-refractivity contribution in [3.63, 3.8) is 0 Å². The summed E-state index contributed by atoms with van der Waals surface area (Å²) >= 11 is 0. The van der Waals surface area contributed by atoms with E-state index in [9.17, 15) is 0 Å². The Balaban J connectivity index is 2.18. The van der Waals surface area contributed by atoms with E-state index in [-0.39, 0.29) is 0 Å².